The number of Topliss-reactive ketones (excluding diaryl/α,β-unsaturated/α-hetero) is 1. The third kappa shape index (κ3) is 2.83. The number of ketones is 1. The lowest BCUT2D eigenvalue weighted by Crippen LogP contribution is -2.02. The number of rotatable bonds is 3. The zero-order chi connectivity index (χ0) is 12.4. The highest BCUT2D eigenvalue weighted by atomic mass is 35.5. The molecule has 0 aliphatic heterocycles. The van der Waals surface area contributed by atoms with E-state index in [2.05, 4.69) is 0 Å². The van der Waals surface area contributed by atoms with Gasteiger partial charge in [0.1, 0.15) is 0 Å². The van der Waals surface area contributed by atoms with Gasteiger partial charge in [-0.25, -0.2) is 0 Å². The van der Waals surface area contributed by atoms with Crippen LogP contribution in [0.3, 0.4) is 0 Å². The average molecular weight is 290 g/mol. The van der Waals surface area contributed by atoms with E-state index in [4.69, 9.17) is 39.2 Å². The molecule has 0 N–H and O–H groups in total. The lowest BCUT2D eigenvalue weighted by Gasteiger charge is -2.02. The van der Waals surface area contributed by atoms with Crippen molar-refractivity contribution in [1.82, 2.24) is 0 Å². The molecule has 0 atom stereocenters. The molecule has 0 aliphatic carbocycles. The van der Waals surface area contributed by atoms with Gasteiger partial charge in [-0.05, 0) is 35.4 Å². The van der Waals surface area contributed by atoms with Crippen LogP contribution in [-0.2, 0) is 6.42 Å². The minimum absolute atomic E-state index is 0.107. The summed E-state index contributed by atoms with van der Waals surface area (Å²) in [6, 6.07) is 6.61. The van der Waals surface area contributed by atoms with Gasteiger partial charge < -0.3 is 4.42 Å². The minimum atomic E-state index is -0.123. The van der Waals surface area contributed by atoms with Crippen molar-refractivity contribution in [2.45, 2.75) is 6.42 Å². The Morgan fingerprint density at radius 3 is 2.47 bits per heavy atom. The van der Waals surface area contributed by atoms with Crippen LogP contribution in [0, 0.1) is 0 Å². The van der Waals surface area contributed by atoms with Gasteiger partial charge in [-0.15, -0.1) is 0 Å². The Morgan fingerprint density at radius 1 is 1.12 bits per heavy atom. The monoisotopic (exact) mass is 288 g/mol. The Hall–Kier alpha value is -0.960. The summed E-state index contributed by atoms with van der Waals surface area (Å²) in [5, 5.41) is 0.995. The largest absolute Gasteiger partial charge is 0.452 e. The molecular formula is C12H7Cl3O2. The van der Waals surface area contributed by atoms with Crippen molar-refractivity contribution < 1.29 is 9.21 Å². The first-order valence-corrected chi connectivity index (χ1v) is 5.91. The molecule has 0 amide bonds. The maximum atomic E-state index is 11.9. The molecule has 0 unspecified atom stereocenters. The summed E-state index contributed by atoms with van der Waals surface area (Å²) in [7, 11) is 0. The summed E-state index contributed by atoms with van der Waals surface area (Å²) in [6.45, 7) is 0. The molecule has 1 aromatic carbocycles. The van der Waals surface area contributed by atoms with Crippen LogP contribution in [0.2, 0.25) is 15.3 Å². The molecular weight excluding hydrogens is 282 g/mol. The molecule has 88 valence electrons. The van der Waals surface area contributed by atoms with Crippen LogP contribution >= 0.6 is 34.8 Å². The maximum Gasteiger partial charge on any atom is 0.203 e. The first-order chi connectivity index (χ1) is 8.08. The molecule has 2 rings (SSSR count). The van der Waals surface area contributed by atoms with Crippen LogP contribution < -0.4 is 0 Å². The molecule has 1 heterocycles. The van der Waals surface area contributed by atoms with Gasteiger partial charge in [0.25, 0.3) is 0 Å². The predicted molar refractivity (Wildman–Crippen MR) is 68.2 cm³/mol. The first kappa shape index (κ1) is 12.5. The fourth-order valence-electron chi connectivity index (χ4n) is 1.42. The third-order valence-electron chi connectivity index (χ3n) is 2.27. The molecule has 17 heavy (non-hydrogen) atoms. The number of hydrogen-bond donors (Lipinski definition) is 0. The molecule has 0 radical (unpaired) electrons. The predicted octanol–water partition coefficient (Wildman–Crippen LogP) is 4.67. The zero-order valence-electron chi connectivity index (χ0n) is 8.54. The van der Waals surface area contributed by atoms with Crippen LogP contribution in [0.25, 0.3) is 0 Å². The standard InChI is InChI=1S/C12H7Cl3O2/c13-9-2-1-7(5-10(9)14)6-11(16)8-3-4-17-12(8)15/h1-5H,6H2. The van der Waals surface area contributed by atoms with E-state index in [1.807, 2.05) is 0 Å². The average Bonchev–Trinajstić information content (AvgIpc) is 2.70. The number of furan rings is 1. The van der Waals surface area contributed by atoms with Gasteiger partial charge in [0.05, 0.1) is 21.9 Å². The van der Waals surface area contributed by atoms with E-state index in [1.54, 1.807) is 24.3 Å². The van der Waals surface area contributed by atoms with Crippen molar-refractivity contribution in [3.05, 3.63) is 56.9 Å². The van der Waals surface area contributed by atoms with Crippen LogP contribution in [0.15, 0.2) is 34.9 Å². The van der Waals surface area contributed by atoms with Crippen molar-refractivity contribution in [3.8, 4) is 0 Å². The second-order valence-electron chi connectivity index (χ2n) is 3.46. The van der Waals surface area contributed by atoms with E-state index in [0.717, 1.165) is 5.56 Å². The normalized spacial score (nSPS) is 10.5. The molecule has 0 aliphatic rings. The van der Waals surface area contributed by atoms with Crippen LogP contribution in [0.5, 0.6) is 0 Å². The van der Waals surface area contributed by atoms with Crippen molar-refractivity contribution in [1.29, 1.82) is 0 Å². The second kappa shape index (κ2) is 5.13. The Kier molecular flexibility index (Phi) is 3.77. The van der Waals surface area contributed by atoms with Gasteiger partial charge in [-0.2, -0.15) is 0 Å². The van der Waals surface area contributed by atoms with Crippen LogP contribution in [0.4, 0.5) is 0 Å². The number of carbonyl (C=O) groups excluding carboxylic acids is 1. The topological polar surface area (TPSA) is 30.2 Å². The van der Waals surface area contributed by atoms with E-state index >= 15 is 0 Å². The van der Waals surface area contributed by atoms with Gasteiger partial charge in [-0.3, -0.25) is 4.79 Å². The summed E-state index contributed by atoms with van der Waals surface area (Å²) in [5.41, 5.74) is 1.15. The number of halogens is 3. The third-order valence-corrected chi connectivity index (χ3v) is 3.30. The fourth-order valence-corrected chi connectivity index (χ4v) is 1.96. The lowest BCUT2D eigenvalue weighted by atomic mass is 10.1. The minimum Gasteiger partial charge on any atom is -0.452 e. The highest BCUT2D eigenvalue weighted by molar-refractivity contribution is 6.42. The zero-order valence-corrected chi connectivity index (χ0v) is 10.8. The van der Waals surface area contributed by atoms with Crippen molar-refractivity contribution in [3.63, 3.8) is 0 Å². The van der Waals surface area contributed by atoms with E-state index in [9.17, 15) is 4.79 Å². The SMILES string of the molecule is O=C(Cc1ccc(Cl)c(Cl)c1)c1ccoc1Cl. The molecule has 0 saturated carbocycles. The number of carbonyl (C=O) groups is 1. The summed E-state index contributed by atoms with van der Waals surface area (Å²) in [5.74, 6) is -0.123. The van der Waals surface area contributed by atoms with Gasteiger partial charge in [-0.1, -0.05) is 29.3 Å². The molecule has 5 heteroatoms. The van der Waals surface area contributed by atoms with Gasteiger partial charge in [0.15, 0.2) is 5.78 Å². The summed E-state index contributed by atoms with van der Waals surface area (Å²) < 4.78 is 4.86. The van der Waals surface area contributed by atoms with Crippen molar-refractivity contribution >= 4 is 40.6 Å². The summed E-state index contributed by atoms with van der Waals surface area (Å²) in [6.07, 6.45) is 1.58. The van der Waals surface area contributed by atoms with Crippen LogP contribution in [0.1, 0.15) is 15.9 Å². The molecule has 0 bridgehead atoms. The first-order valence-electron chi connectivity index (χ1n) is 4.78. The Bertz CT molecular complexity index is 561. The van der Waals surface area contributed by atoms with Crippen LogP contribution in [-0.4, -0.2) is 5.78 Å². The summed E-state index contributed by atoms with van der Waals surface area (Å²) in [4.78, 5) is 11.9. The van der Waals surface area contributed by atoms with Crippen molar-refractivity contribution in [2.75, 3.05) is 0 Å². The Labute approximate surface area is 113 Å². The molecule has 0 saturated heterocycles. The summed E-state index contributed by atoms with van der Waals surface area (Å²) >= 11 is 17.4. The lowest BCUT2D eigenvalue weighted by molar-refractivity contribution is 0.0992. The van der Waals surface area contributed by atoms with Gasteiger partial charge in [0.2, 0.25) is 5.22 Å². The molecule has 2 aromatic rings. The Balaban J connectivity index is 2.19. The van der Waals surface area contributed by atoms with E-state index < -0.39 is 0 Å². The molecule has 2 nitrogen and oxygen atoms in total. The second-order valence-corrected chi connectivity index (χ2v) is 4.61. The maximum absolute atomic E-state index is 11.9. The molecule has 1 aromatic heterocycles. The van der Waals surface area contributed by atoms with E-state index in [1.165, 1.54) is 6.26 Å². The molecule has 0 spiro atoms. The quantitative estimate of drug-likeness (QED) is 0.769. The molecule has 0 fully saturated rings. The number of benzene rings is 1. The highest BCUT2D eigenvalue weighted by Crippen LogP contribution is 2.24. The van der Waals surface area contributed by atoms with Gasteiger partial charge >= 0.3 is 0 Å². The van der Waals surface area contributed by atoms with Gasteiger partial charge in [0, 0.05) is 6.42 Å². The van der Waals surface area contributed by atoms with Crippen molar-refractivity contribution in [2.24, 2.45) is 0 Å². The smallest absolute Gasteiger partial charge is 0.203 e. The number of hydrogen-bond acceptors (Lipinski definition) is 2. The van der Waals surface area contributed by atoms with E-state index in [0.29, 0.717) is 15.6 Å². The van der Waals surface area contributed by atoms with E-state index in [-0.39, 0.29) is 17.4 Å². The fraction of sp³-hybridized carbons (Fsp3) is 0.0833. The highest BCUT2D eigenvalue weighted by Gasteiger charge is 2.14. The Morgan fingerprint density at radius 2 is 1.88 bits per heavy atom.